The second-order valence-electron chi connectivity index (χ2n) is 4.27. The minimum atomic E-state index is 0.196. The summed E-state index contributed by atoms with van der Waals surface area (Å²) in [5.74, 6) is 0.780. The van der Waals surface area contributed by atoms with Gasteiger partial charge in [-0.3, -0.25) is 0 Å². The molecule has 3 nitrogen and oxygen atoms in total. The monoisotopic (exact) mass is 363 g/mol. The highest BCUT2D eigenvalue weighted by Gasteiger charge is 2.22. The van der Waals surface area contributed by atoms with Crippen LogP contribution >= 0.6 is 31.9 Å². The van der Waals surface area contributed by atoms with Crippen LogP contribution in [0.1, 0.15) is 19.8 Å². The normalized spacial score (nSPS) is 23.9. The van der Waals surface area contributed by atoms with E-state index in [0.717, 1.165) is 27.5 Å². The van der Waals surface area contributed by atoms with E-state index < -0.39 is 0 Å². The minimum absolute atomic E-state index is 0.196. The lowest BCUT2D eigenvalue weighted by Gasteiger charge is -2.15. The van der Waals surface area contributed by atoms with Gasteiger partial charge in [-0.25, -0.2) is 0 Å². The lowest BCUT2D eigenvalue weighted by atomic mass is 10.2. The largest absolute Gasteiger partial charge is 0.489 e. The second kappa shape index (κ2) is 5.59. The smallest absolute Gasteiger partial charge is 0.147 e. The molecule has 0 amide bonds. The summed E-state index contributed by atoms with van der Waals surface area (Å²) < 4.78 is 13.2. The molecule has 94 valence electrons. The van der Waals surface area contributed by atoms with E-state index in [0.29, 0.717) is 18.4 Å². The average molecular weight is 365 g/mol. The maximum atomic E-state index is 5.78. The molecule has 1 aliphatic heterocycles. The van der Waals surface area contributed by atoms with Gasteiger partial charge in [0, 0.05) is 5.69 Å². The third-order valence-electron chi connectivity index (χ3n) is 2.75. The molecule has 1 aliphatic rings. The number of halogens is 2. The molecule has 2 atom stereocenters. The van der Waals surface area contributed by atoms with E-state index in [9.17, 15) is 0 Å². The van der Waals surface area contributed by atoms with E-state index in [1.165, 1.54) is 0 Å². The molecule has 0 aliphatic carbocycles. The quantitative estimate of drug-likeness (QED) is 0.831. The summed E-state index contributed by atoms with van der Waals surface area (Å²) in [5.41, 5.74) is 6.42. The zero-order chi connectivity index (χ0) is 12.4. The van der Waals surface area contributed by atoms with Gasteiger partial charge >= 0.3 is 0 Å². The van der Waals surface area contributed by atoms with E-state index in [-0.39, 0.29) is 6.10 Å². The van der Waals surface area contributed by atoms with Crippen LogP contribution in [0.2, 0.25) is 0 Å². The van der Waals surface area contributed by atoms with E-state index in [2.05, 4.69) is 38.8 Å². The van der Waals surface area contributed by atoms with Crippen LogP contribution in [0.4, 0.5) is 5.69 Å². The first kappa shape index (κ1) is 13.2. The van der Waals surface area contributed by atoms with Crippen LogP contribution in [0.25, 0.3) is 0 Å². The van der Waals surface area contributed by atoms with Crippen molar-refractivity contribution in [2.24, 2.45) is 0 Å². The average Bonchev–Trinajstić information content (AvgIpc) is 2.62. The van der Waals surface area contributed by atoms with Gasteiger partial charge in [0.25, 0.3) is 0 Å². The Hall–Kier alpha value is -0.260. The van der Waals surface area contributed by atoms with Crippen LogP contribution in [0.3, 0.4) is 0 Å². The van der Waals surface area contributed by atoms with Gasteiger partial charge in [-0.15, -0.1) is 0 Å². The Labute approximate surface area is 118 Å². The van der Waals surface area contributed by atoms with Crippen LogP contribution in [-0.2, 0) is 4.74 Å². The van der Waals surface area contributed by atoms with Gasteiger partial charge in [0.15, 0.2) is 0 Å². The van der Waals surface area contributed by atoms with Crippen molar-refractivity contribution in [2.75, 3.05) is 12.3 Å². The van der Waals surface area contributed by atoms with Crippen molar-refractivity contribution in [1.29, 1.82) is 0 Å². The highest BCUT2D eigenvalue weighted by atomic mass is 79.9. The molecule has 1 aromatic carbocycles. The fraction of sp³-hybridized carbons (Fsp3) is 0.500. The Kier molecular flexibility index (Phi) is 4.33. The summed E-state index contributed by atoms with van der Waals surface area (Å²) in [5, 5.41) is 0. The summed E-state index contributed by atoms with van der Waals surface area (Å²) in [6, 6.07) is 3.66. The van der Waals surface area contributed by atoms with Crippen LogP contribution in [0.15, 0.2) is 21.1 Å². The fourth-order valence-electron chi connectivity index (χ4n) is 1.90. The molecule has 1 saturated heterocycles. The predicted molar refractivity (Wildman–Crippen MR) is 75.3 cm³/mol. The summed E-state index contributed by atoms with van der Waals surface area (Å²) in [6.07, 6.45) is 2.71. The molecule has 2 rings (SSSR count). The lowest BCUT2D eigenvalue weighted by molar-refractivity contribution is 0.0261. The van der Waals surface area contributed by atoms with Crippen molar-refractivity contribution >= 4 is 37.5 Å². The number of nitrogens with two attached hydrogens (primary N) is 1. The molecule has 1 fully saturated rings. The minimum Gasteiger partial charge on any atom is -0.489 e. The third kappa shape index (κ3) is 3.36. The summed E-state index contributed by atoms with van der Waals surface area (Å²) in [6.45, 7) is 2.67. The molecule has 0 saturated carbocycles. The van der Waals surface area contributed by atoms with Gasteiger partial charge in [-0.2, -0.15) is 0 Å². The Morgan fingerprint density at radius 3 is 2.53 bits per heavy atom. The van der Waals surface area contributed by atoms with Crippen LogP contribution in [0.5, 0.6) is 5.75 Å². The Bertz CT molecular complexity index is 388. The molecule has 0 aromatic heterocycles. The number of hydrogen-bond acceptors (Lipinski definition) is 3. The summed E-state index contributed by atoms with van der Waals surface area (Å²) >= 11 is 6.89. The zero-order valence-electron chi connectivity index (χ0n) is 9.58. The number of rotatable bonds is 3. The SMILES string of the molecule is CC1CCC(COc2c(Br)cc(N)cc2Br)O1. The molecular formula is C12H15Br2NO2. The highest BCUT2D eigenvalue weighted by molar-refractivity contribution is 9.11. The molecule has 1 aromatic rings. The van der Waals surface area contributed by atoms with Gasteiger partial charge in [0.05, 0.1) is 21.2 Å². The van der Waals surface area contributed by atoms with E-state index in [4.69, 9.17) is 15.2 Å². The van der Waals surface area contributed by atoms with Crippen LogP contribution in [-0.4, -0.2) is 18.8 Å². The first-order valence-corrected chi connectivity index (χ1v) is 7.17. The molecule has 2 N–H and O–H groups in total. The third-order valence-corrected chi connectivity index (χ3v) is 3.93. The van der Waals surface area contributed by atoms with Crippen molar-refractivity contribution in [2.45, 2.75) is 32.0 Å². The van der Waals surface area contributed by atoms with Crippen LogP contribution < -0.4 is 10.5 Å². The topological polar surface area (TPSA) is 44.5 Å². The van der Waals surface area contributed by atoms with Gasteiger partial charge in [-0.1, -0.05) is 0 Å². The van der Waals surface area contributed by atoms with Crippen molar-refractivity contribution in [3.63, 3.8) is 0 Å². The van der Waals surface area contributed by atoms with Gasteiger partial charge in [0.1, 0.15) is 12.4 Å². The first-order valence-electron chi connectivity index (χ1n) is 5.59. The van der Waals surface area contributed by atoms with Crippen molar-refractivity contribution in [1.82, 2.24) is 0 Å². The molecule has 2 unspecified atom stereocenters. The van der Waals surface area contributed by atoms with E-state index >= 15 is 0 Å². The second-order valence-corrected chi connectivity index (χ2v) is 5.98. The van der Waals surface area contributed by atoms with Gasteiger partial charge in [-0.05, 0) is 63.8 Å². The highest BCUT2D eigenvalue weighted by Crippen LogP contribution is 2.36. The lowest BCUT2D eigenvalue weighted by Crippen LogP contribution is -2.18. The van der Waals surface area contributed by atoms with E-state index in [1.807, 2.05) is 12.1 Å². The number of benzene rings is 1. The molecule has 5 heteroatoms. The van der Waals surface area contributed by atoms with Crippen molar-refractivity contribution < 1.29 is 9.47 Å². The number of nitrogen functional groups attached to an aromatic ring is 1. The Balaban J connectivity index is 1.99. The number of anilines is 1. The summed E-state index contributed by atoms with van der Waals surface area (Å²) in [4.78, 5) is 0. The van der Waals surface area contributed by atoms with Gasteiger partial charge < -0.3 is 15.2 Å². The summed E-state index contributed by atoms with van der Waals surface area (Å²) in [7, 11) is 0. The van der Waals surface area contributed by atoms with Crippen molar-refractivity contribution in [3.8, 4) is 5.75 Å². The fourth-order valence-corrected chi connectivity index (χ4v) is 3.35. The van der Waals surface area contributed by atoms with Gasteiger partial charge in [0.2, 0.25) is 0 Å². The molecule has 0 radical (unpaired) electrons. The maximum absolute atomic E-state index is 5.78. The zero-order valence-corrected chi connectivity index (χ0v) is 12.8. The number of hydrogen-bond donors (Lipinski definition) is 1. The maximum Gasteiger partial charge on any atom is 0.147 e. The number of ether oxygens (including phenoxy) is 2. The molecule has 1 heterocycles. The van der Waals surface area contributed by atoms with Crippen LogP contribution in [0, 0.1) is 0 Å². The van der Waals surface area contributed by atoms with E-state index in [1.54, 1.807) is 0 Å². The molecule has 0 spiro atoms. The Morgan fingerprint density at radius 1 is 1.35 bits per heavy atom. The molecular weight excluding hydrogens is 350 g/mol. The first-order chi connectivity index (χ1) is 8.06. The standard InChI is InChI=1S/C12H15Br2NO2/c1-7-2-3-9(17-7)6-16-12-10(13)4-8(15)5-11(12)14/h4-5,7,9H,2-3,6,15H2,1H3. The Morgan fingerprint density at radius 2 is 2.00 bits per heavy atom. The molecule has 17 heavy (non-hydrogen) atoms. The predicted octanol–water partition coefficient (Wildman–Crippen LogP) is 3.74. The molecule has 0 bridgehead atoms. The van der Waals surface area contributed by atoms with Crippen molar-refractivity contribution in [3.05, 3.63) is 21.1 Å².